The van der Waals surface area contributed by atoms with E-state index < -0.39 is 0 Å². The van der Waals surface area contributed by atoms with Gasteiger partial charge >= 0.3 is 0 Å². The summed E-state index contributed by atoms with van der Waals surface area (Å²) in [4.78, 5) is 12.9. The van der Waals surface area contributed by atoms with Crippen LogP contribution in [-0.4, -0.2) is 34.8 Å². The van der Waals surface area contributed by atoms with E-state index in [-0.39, 0.29) is 11.1 Å². The highest BCUT2D eigenvalue weighted by Gasteiger charge is 2.18. The van der Waals surface area contributed by atoms with E-state index in [0.29, 0.717) is 6.42 Å². The van der Waals surface area contributed by atoms with Gasteiger partial charge in [0.25, 0.3) is 0 Å². The number of hydrogen-bond acceptors (Lipinski definition) is 3. The topological polar surface area (TPSA) is 70.2 Å². The maximum atomic E-state index is 11.1. The van der Waals surface area contributed by atoms with E-state index in [1.54, 1.807) is 0 Å². The lowest BCUT2D eigenvalue weighted by Gasteiger charge is -2.13. The smallest absolute Gasteiger partial charge is 0.222 e. The van der Waals surface area contributed by atoms with Gasteiger partial charge in [-0.25, -0.2) is 0 Å². The van der Waals surface area contributed by atoms with Crippen molar-refractivity contribution in [1.29, 1.82) is 5.41 Å². The molecule has 5 heteroatoms. The number of carbonyl (C=O) groups is 1. The number of rotatable bonds is 3. The summed E-state index contributed by atoms with van der Waals surface area (Å²) in [5.74, 6) is 0.973. The van der Waals surface area contributed by atoms with Gasteiger partial charge in [-0.15, -0.1) is 0 Å². The summed E-state index contributed by atoms with van der Waals surface area (Å²) in [7, 11) is 0. The van der Waals surface area contributed by atoms with E-state index in [2.05, 4.69) is 0 Å². The molecule has 1 aliphatic heterocycles. The number of nitrogens with zero attached hydrogens (tertiary/aromatic N) is 1. The van der Waals surface area contributed by atoms with Gasteiger partial charge < -0.3 is 10.6 Å². The number of nitrogens with two attached hydrogens (primary N) is 1. The van der Waals surface area contributed by atoms with Crippen molar-refractivity contribution in [2.24, 2.45) is 5.73 Å². The maximum Gasteiger partial charge on any atom is 0.222 e. The highest BCUT2D eigenvalue weighted by molar-refractivity contribution is 8.13. The van der Waals surface area contributed by atoms with Crippen LogP contribution in [0.4, 0.5) is 0 Å². The Morgan fingerprint density at radius 1 is 1.75 bits per heavy atom. The molecule has 1 heterocycles. The highest BCUT2D eigenvalue weighted by Crippen LogP contribution is 2.10. The van der Waals surface area contributed by atoms with Crippen LogP contribution >= 0.6 is 11.8 Å². The van der Waals surface area contributed by atoms with Gasteiger partial charge in [-0.3, -0.25) is 10.2 Å². The van der Waals surface area contributed by atoms with Gasteiger partial charge in [-0.2, -0.15) is 0 Å². The van der Waals surface area contributed by atoms with E-state index in [0.717, 1.165) is 25.3 Å². The Labute approximate surface area is 76.0 Å². The molecule has 1 aliphatic rings. The van der Waals surface area contributed by atoms with Crippen LogP contribution in [0.5, 0.6) is 0 Å². The van der Waals surface area contributed by atoms with E-state index in [1.165, 1.54) is 11.8 Å². The van der Waals surface area contributed by atoms with E-state index in [9.17, 15) is 4.79 Å². The molecule has 0 radical (unpaired) electrons. The van der Waals surface area contributed by atoms with Gasteiger partial charge in [0.2, 0.25) is 5.91 Å². The van der Waals surface area contributed by atoms with Crippen molar-refractivity contribution in [2.45, 2.75) is 12.8 Å². The summed E-state index contributed by atoms with van der Waals surface area (Å²) in [5.41, 5.74) is 5.15. The summed E-state index contributed by atoms with van der Waals surface area (Å²) in [6, 6.07) is 0. The van der Waals surface area contributed by atoms with Crippen molar-refractivity contribution in [3.05, 3.63) is 0 Å². The van der Waals surface area contributed by atoms with Crippen LogP contribution in [0, 0.1) is 5.41 Å². The molecule has 0 spiro atoms. The van der Waals surface area contributed by atoms with Crippen molar-refractivity contribution in [1.82, 2.24) is 4.90 Å². The number of hydrogen-bond donors (Lipinski definition) is 2. The van der Waals surface area contributed by atoms with E-state index >= 15 is 0 Å². The first-order chi connectivity index (χ1) is 5.70. The number of thioether (sulfide) groups is 1. The third-order valence-corrected chi connectivity index (χ3v) is 2.49. The Morgan fingerprint density at radius 2 is 2.50 bits per heavy atom. The van der Waals surface area contributed by atoms with Crippen molar-refractivity contribution in [2.75, 3.05) is 18.8 Å². The summed E-state index contributed by atoms with van der Waals surface area (Å²) in [6.07, 6.45) is 1.66. The molecule has 0 aromatic heterocycles. The standard InChI is InChI=1S/C7H13N3OS/c8-7(9)12-5-4-10-3-1-2-6(10)11/h1-5H2,(H3,8,9). The van der Waals surface area contributed by atoms with Crippen molar-refractivity contribution in [3.8, 4) is 0 Å². The summed E-state index contributed by atoms with van der Waals surface area (Å²) in [6.45, 7) is 1.60. The Hall–Kier alpha value is -0.710. The summed E-state index contributed by atoms with van der Waals surface area (Å²) < 4.78 is 0. The summed E-state index contributed by atoms with van der Waals surface area (Å²) >= 11 is 1.29. The van der Waals surface area contributed by atoms with Crippen LogP contribution in [0.2, 0.25) is 0 Å². The van der Waals surface area contributed by atoms with Crippen molar-refractivity contribution in [3.63, 3.8) is 0 Å². The Bertz CT molecular complexity index is 195. The van der Waals surface area contributed by atoms with Crippen LogP contribution in [-0.2, 0) is 4.79 Å². The minimum atomic E-state index is 0.127. The fraction of sp³-hybridized carbons (Fsp3) is 0.714. The average Bonchev–Trinajstić information content (AvgIpc) is 2.36. The molecule has 68 valence electrons. The maximum absolute atomic E-state index is 11.1. The molecule has 1 rings (SSSR count). The van der Waals surface area contributed by atoms with E-state index in [4.69, 9.17) is 11.1 Å². The second kappa shape index (κ2) is 4.35. The third-order valence-electron chi connectivity index (χ3n) is 1.79. The molecule has 0 aromatic rings. The Morgan fingerprint density at radius 3 is 3.00 bits per heavy atom. The first-order valence-corrected chi connectivity index (χ1v) is 4.93. The molecule has 0 saturated carbocycles. The largest absolute Gasteiger partial charge is 0.379 e. The van der Waals surface area contributed by atoms with Gasteiger partial charge in [0.05, 0.1) is 0 Å². The normalized spacial score (nSPS) is 17.0. The fourth-order valence-electron chi connectivity index (χ4n) is 1.21. The lowest BCUT2D eigenvalue weighted by atomic mass is 10.4. The molecule has 0 atom stereocenters. The first kappa shape index (κ1) is 9.38. The molecule has 0 bridgehead atoms. The SMILES string of the molecule is N=C(N)SCCN1CCCC1=O. The number of nitrogens with one attached hydrogen (secondary N) is 1. The minimum Gasteiger partial charge on any atom is -0.379 e. The first-order valence-electron chi connectivity index (χ1n) is 3.95. The van der Waals surface area contributed by atoms with E-state index in [1.807, 2.05) is 4.90 Å². The van der Waals surface area contributed by atoms with Gasteiger partial charge in [0.1, 0.15) is 0 Å². The van der Waals surface area contributed by atoms with Gasteiger partial charge in [0, 0.05) is 25.3 Å². The highest BCUT2D eigenvalue weighted by atomic mass is 32.2. The average molecular weight is 187 g/mol. The van der Waals surface area contributed by atoms with Crippen LogP contribution in [0.1, 0.15) is 12.8 Å². The summed E-state index contributed by atoms with van der Waals surface area (Å²) in [5, 5.41) is 7.08. The van der Waals surface area contributed by atoms with Crippen LogP contribution < -0.4 is 5.73 Å². The zero-order chi connectivity index (χ0) is 8.97. The molecule has 1 fully saturated rings. The molecule has 0 aromatic carbocycles. The minimum absolute atomic E-state index is 0.127. The molecule has 1 saturated heterocycles. The molecule has 12 heavy (non-hydrogen) atoms. The lowest BCUT2D eigenvalue weighted by Crippen LogP contribution is -2.27. The molecule has 3 N–H and O–H groups in total. The fourth-order valence-corrected chi connectivity index (χ4v) is 1.74. The second-order valence-electron chi connectivity index (χ2n) is 2.70. The van der Waals surface area contributed by atoms with Gasteiger partial charge in [-0.05, 0) is 6.42 Å². The molecule has 1 amide bonds. The van der Waals surface area contributed by atoms with Crippen LogP contribution in [0.15, 0.2) is 0 Å². The zero-order valence-electron chi connectivity index (χ0n) is 6.88. The number of amidine groups is 1. The third kappa shape index (κ3) is 2.73. The molecule has 4 nitrogen and oxygen atoms in total. The number of carbonyl (C=O) groups excluding carboxylic acids is 1. The predicted molar refractivity (Wildman–Crippen MR) is 50.2 cm³/mol. The lowest BCUT2D eigenvalue weighted by molar-refractivity contribution is -0.127. The second-order valence-corrected chi connectivity index (χ2v) is 3.83. The molecule has 0 unspecified atom stereocenters. The van der Waals surface area contributed by atoms with Crippen LogP contribution in [0.25, 0.3) is 0 Å². The van der Waals surface area contributed by atoms with Crippen molar-refractivity contribution >= 4 is 22.8 Å². The number of likely N-dealkylation sites (tertiary alicyclic amines) is 1. The Kier molecular flexibility index (Phi) is 3.40. The molecular formula is C7H13N3OS. The molecule has 0 aliphatic carbocycles. The predicted octanol–water partition coefficient (Wildman–Crippen LogP) is 0.235. The van der Waals surface area contributed by atoms with Crippen molar-refractivity contribution < 1.29 is 4.79 Å². The van der Waals surface area contributed by atoms with Gasteiger partial charge in [0.15, 0.2) is 5.17 Å². The Balaban J connectivity index is 2.14. The van der Waals surface area contributed by atoms with Gasteiger partial charge in [-0.1, -0.05) is 11.8 Å². The van der Waals surface area contributed by atoms with Crippen LogP contribution in [0.3, 0.4) is 0 Å². The molecular weight excluding hydrogens is 174 g/mol. The monoisotopic (exact) mass is 187 g/mol. The quantitative estimate of drug-likeness (QED) is 0.491. The zero-order valence-corrected chi connectivity index (χ0v) is 7.69. The number of amides is 1.